The fraction of sp³-hybridized carbons (Fsp3) is 0.188. The highest BCUT2D eigenvalue weighted by Crippen LogP contribution is 2.18. The van der Waals surface area contributed by atoms with Gasteiger partial charge in [0.1, 0.15) is 0 Å². The summed E-state index contributed by atoms with van der Waals surface area (Å²) in [5, 5.41) is 2.90. The van der Waals surface area contributed by atoms with Crippen LogP contribution in [0.2, 0.25) is 0 Å². The molecule has 0 aliphatic rings. The number of methoxy groups -OCH3 is 1. The molecule has 2 aromatic rings. The van der Waals surface area contributed by atoms with Crippen LogP contribution in [0, 0.1) is 0 Å². The van der Waals surface area contributed by atoms with Crippen LogP contribution in [0.15, 0.2) is 48.5 Å². The standard InChI is InChI=1S/C16H18N2O2/c1-20-11-10-12-6-2-5-9-15(12)18-16(19)13-7-3-4-8-14(13)17/h2-9H,10-11,17H2,1H3,(H,18,19). The fourth-order valence-corrected chi connectivity index (χ4v) is 1.97. The first-order valence-corrected chi connectivity index (χ1v) is 6.45. The van der Waals surface area contributed by atoms with Gasteiger partial charge < -0.3 is 15.8 Å². The number of hydrogen-bond acceptors (Lipinski definition) is 3. The summed E-state index contributed by atoms with van der Waals surface area (Å²) < 4.78 is 5.08. The summed E-state index contributed by atoms with van der Waals surface area (Å²) in [6.07, 6.45) is 0.747. The Hall–Kier alpha value is -2.33. The molecule has 0 saturated heterocycles. The van der Waals surface area contributed by atoms with Crippen LogP contribution in [0.4, 0.5) is 11.4 Å². The molecule has 0 aliphatic carbocycles. The van der Waals surface area contributed by atoms with Crippen LogP contribution in [0.5, 0.6) is 0 Å². The Labute approximate surface area is 118 Å². The Kier molecular flexibility index (Phi) is 4.74. The molecule has 20 heavy (non-hydrogen) atoms. The minimum atomic E-state index is -0.201. The van der Waals surface area contributed by atoms with Gasteiger partial charge in [-0.2, -0.15) is 0 Å². The summed E-state index contributed by atoms with van der Waals surface area (Å²) in [5.41, 5.74) is 8.59. The highest BCUT2D eigenvalue weighted by Gasteiger charge is 2.11. The zero-order valence-electron chi connectivity index (χ0n) is 11.4. The second-order valence-electron chi connectivity index (χ2n) is 4.44. The lowest BCUT2D eigenvalue weighted by Crippen LogP contribution is -2.15. The van der Waals surface area contributed by atoms with E-state index in [4.69, 9.17) is 10.5 Å². The monoisotopic (exact) mass is 270 g/mol. The van der Waals surface area contributed by atoms with E-state index in [0.717, 1.165) is 17.7 Å². The third-order valence-electron chi connectivity index (χ3n) is 3.05. The maximum Gasteiger partial charge on any atom is 0.257 e. The van der Waals surface area contributed by atoms with Crippen LogP contribution in [-0.2, 0) is 11.2 Å². The summed E-state index contributed by atoms with van der Waals surface area (Å²) in [4.78, 5) is 12.2. The summed E-state index contributed by atoms with van der Waals surface area (Å²) in [5.74, 6) is -0.201. The first-order valence-electron chi connectivity index (χ1n) is 6.45. The number of nitrogens with two attached hydrogens (primary N) is 1. The molecule has 4 nitrogen and oxygen atoms in total. The van der Waals surface area contributed by atoms with Gasteiger partial charge in [0.25, 0.3) is 5.91 Å². The molecule has 0 fully saturated rings. The summed E-state index contributed by atoms with van der Waals surface area (Å²) in [7, 11) is 1.66. The van der Waals surface area contributed by atoms with E-state index >= 15 is 0 Å². The average molecular weight is 270 g/mol. The van der Waals surface area contributed by atoms with Crippen molar-refractivity contribution in [1.29, 1.82) is 0 Å². The molecule has 2 aromatic carbocycles. The molecule has 0 aliphatic heterocycles. The number of amides is 1. The van der Waals surface area contributed by atoms with Gasteiger partial charge in [-0.15, -0.1) is 0 Å². The van der Waals surface area contributed by atoms with E-state index in [9.17, 15) is 4.79 Å². The van der Waals surface area contributed by atoms with Crippen molar-refractivity contribution in [1.82, 2.24) is 0 Å². The van der Waals surface area contributed by atoms with Gasteiger partial charge in [0.15, 0.2) is 0 Å². The number of rotatable bonds is 5. The van der Waals surface area contributed by atoms with Crippen molar-refractivity contribution in [2.45, 2.75) is 6.42 Å². The predicted octanol–water partition coefficient (Wildman–Crippen LogP) is 2.71. The quantitative estimate of drug-likeness (QED) is 0.821. The molecule has 0 radical (unpaired) electrons. The normalized spacial score (nSPS) is 10.2. The van der Waals surface area contributed by atoms with Crippen LogP contribution in [0.25, 0.3) is 0 Å². The Morgan fingerprint density at radius 1 is 1.15 bits per heavy atom. The average Bonchev–Trinajstić information content (AvgIpc) is 2.46. The number of hydrogen-bond donors (Lipinski definition) is 2. The molecule has 0 bridgehead atoms. The lowest BCUT2D eigenvalue weighted by molar-refractivity contribution is 0.102. The molecule has 2 rings (SSSR count). The molecule has 0 saturated carbocycles. The lowest BCUT2D eigenvalue weighted by Gasteiger charge is -2.11. The van der Waals surface area contributed by atoms with Crippen LogP contribution < -0.4 is 11.1 Å². The van der Waals surface area contributed by atoms with E-state index in [1.807, 2.05) is 24.3 Å². The van der Waals surface area contributed by atoms with Crippen molar-refractivity contribution < 1.29 is 9.53 Å². The Morgan fingerprint density at radius 2 is 1.85 bits per heavy atom. The molecule has 1 amide bonds. The van der Waals surface area contributed by atoms with E-state index in [2.05, 4.69) is 5.32 Å². The molecule has 0 atom stereocenters. The summed E-state index contributed by atoms with van der Waals surface area (Å²) in [6.45, 7) is 0.611. The minimum Gasteiger partial charge on any atom is -0.398 e. The SMILES string of the molecule is COCCc1ccccc1NC(=O)c1ccccc1N. The smallest absolute Gasteiger partial charge is 0.257 e. The number of para-hydroxylation sites is 2. The van der Waals surface area contributed by atoms with Crippen LogP contribution in [-0.4, -0.2) is 19.6 Å². The number of anilines is 2. The Balaban J connectivity index is 2.18. The van der Waals surface area contributed by atoms with E-state index < -0.39 is 0 Å². The first-order chi connectivity index (χ1) is 9.72. The number of nitrogens with one attached hydrogen (secondary N) is 1. The van der Waals surface area contributed by atoms with Gasteiger partial charge >= 0.3 is 0 Å². The van der Waals surface area contributed by atoms with Crippen molar-refractivity contribution >= 4 is 17.3 Å². The Morgan fingerprint density at radius 3 is 2.60 bits per heavy atom. The van der Waals surface area contributed by atoms with E-state index in [0.29, 0.717) is 17.9 Å². The van der Waals surface area contributed by atoms with Crippen molar-refractivity contribution in [3.05, 3.63) is 59.7 Å². The first kappa shape index (κ1) is 14.1. The summed E-state index contributed by atoms with van der Waals surface area (Å²) in [6, 6.07) is 14.7. The second kappa shape index (κ2) is 6.73. The Bertz CT molecular complexity index is 597. The predicted molar refractivity (Wildman–Crippen MR) is 80.8 cm³/mol. The third kappa shape index (κ3) is 3.36. The number of nitrogen functional groups attached to an aromatic ring is 1. The maximum absolute atomic E-state index is 12.2. The van der Waals surface area contributed by atoms with Gasteiger partial charge in [-0.05, 0) is 30.2 Å². The van der Waals surface area contributed by atoms with Crippen LogP contribution in [0.1, 0.15) is 15.9 Å². The number of benzene rings is 2. The zero-order valence-corrected chi connectivity index (χ0v) is 11.4. The van der Waals surface area contributed by atoms with Gasteiger partial charge in [0.05, 0.1) is 12.2 Å². The van der Waals surface area contributed by atoms with Gasteiger partial charge in [0, 0.05) is 18.5 Å². The molecule has 3 N–H and O–H groups in total. The molecule has 0 spiro atoms. The van der Waals surface area contributed by atoms with E-state index in [-0.39, 0.29) is 5.91 Å². The number of ether oxygens (including phenoxy) is 1. The minimum absolute atomic E-state index is 0.201. The molecule has 0 unspecified atom stereocenters. The summed E-state index contributed by atoms with van der Waals surface area (Å²) >= 11 is 0. The molecule has 4 heteroatoms. The van der Waals surface area contributed by atoms with Crippen LogP contribution in [0.3, 0.4) is 0 Å². The van der Waals surface area contributed by atoms with Crippen molar-refractivity contribution in [2.24, 2.45) is 0 Å². The van der Waals surface area contributed by atoms with Crippen molar-refractivity contribution in [3.8, 4) is 0 Å². The van der Waals surface area contributed by atoms with Gasteiger partial charge in [-0.1, -0.05) is 30.3 Å². The maximum atomic E-state index is 12.2. The third-order valence-corrected chi connectivity index (χ3v) is 3.05. The number of carbonyl (C=O) groups is 1. The van der Waals surface area contributed by atoms with E-state index in [1.54, 1.807) is 31.4 Å². The second-order valence-corrected chi connectivity index (χ2v) is 4.44. The molecule has 104 valence electrons. The van der Waals surface area contributed by atoms with Crippen molar-refractivity contribution in [3.63, 3.8) is 0 Å². The zero-order chi connectivity index (χ0) is 14.4. The van der Waals surface area contributed by atoms with Crippen LogP contribution >= 0.6 is 0 Å². The largest absolute Gasteiger partial charge is 0.398 e. The van der Waals surface area contributed by atoms with Gasteiger partial charge in [-0.3, -0.25) is 4.79 Å². The van der Waals surface area contributed by atoms with Crippen molar-refractivity contribution in [2.75, 3.05) is 24.8 Å². The molecular weight excluding hydrogens is 252 g/mol. The van der Waals surface area contributed by atoms with Gasteiger partial charge in [-0.25, -0.2) is 0 Å². The lowest BCUT2D eigenvalue weighted by atomic mass is 10.1. The van der Waals surface area contributed by atoms with Gasteiger partial charge in [0.2, 0.25) is 0 Å². The number of carbonyl (C=O) groups excluding carboxylic acids is 1. The fourth-order valence-electron chi connectivity index (χ4n) is 1.97. The van der Waals surface area contributed by atoms with E-state index in [1.165, 1.54) is 0 Å². The highest BCUT2D eigenvalue weighted by atomic mass is 16.5. The molecule has 0 heterocycles. The molecular formula is C16H18N2O2. The highest BCUT2D eigenvalue weighted by molar-refractivity contribution is 6.08. The topological polar surface area (TPSA) is 64.3 Å². The molecule has 0 aromatic heterocycles.